The lowest BCUT2D eigenvalue weighted by Crippen LogP contribution is -2.19. The van der Waals surface area contributed by atoms with E-state index in [9.17, 15) is 18.0 Å². The highest BCUT2D eigenvalue weighted by molar-refractivity contribution is 9.11. The van der Waals surface area contributed by atoms with Gasteiger partial charge in [0.25, 0.3) is 5.91 Å². The predicted octanol–water partition coefficient (Wildman–Crippen LogP) is 4.70. The molecule has 0 spiro atoms. The molecule has 0 aliphatic heterocycles. The summed E-state index contributed by atoms with van der Waals surface area (Å²) in [6.07, 6.45) is -4.38. The van der Waals surface area contributed by atoms with E-state index in [0.717, 1.165) is 3.79 Å². The van der Waals surface area contributed by atoms with Crippen molar-refractivity contribution in [3.63, 3.8) is 0 Å². The third kappa shape index (κ3) is 5.05. The Labute approximate surface area is 130 Å². The second-order valence-electron chi connectivity index (χ2n) is 3.99. The van der Waals surface area contributed by atoms with Crippen molar-refractivity contribution in [2.75, 3.05) is 11.9 Å². The average molecular weight is 380 g/mol. The summed E-state index contributed by atoms with van der Waals surface area (Å²) >= 11 is 4.54. The van der Waals surface area contributed by atoms with Gasteiger partial charge in [-0.2, -0.15) is 13.2 Å². The van der Waals surface area contributed by atoms with E-state index in [2.05, 4.69) is 26.0 Å². The topological polar surface area (TPSA) is 38.3 Å². The van der Waals surface area contributed by atoms with E-state index in [0.29, 0.717) is 10.6 Å². The van der Waals surface area contributed by atoms with E-state index in [1.165, 1.54) is 35.6 Å². The van der Waals surface area contributed by atoms with Crippen molar-refractivity contribution >= 4 is 38.9 Å². The van der Waals surface area contributed by atoms with Gasteiger partial charge in [-0.15, -0.1) is 11.3 Å². The number of amides is 1. The Bertz CT molecular complexity index is 625. The number of hydrogen-bond acceptors (Lipinski definition) is 3. The SMILES string of the molecule is O=C(Nc1ccc(OCC(F)(F)F)cc1)c1ccc(Br)s1. The molecule has 21 heavy (non-hydrogen) atoms. The lowest BCUT2D eigenvalue weighted by atomic mass is 10.3. The zero-order valence-electron chi connectivity index (χ0n) is 10.4. The number of carbonyl (C=O) groups is 1. The second-order valence-corrected chi connectivity index (χ2v) is 6.45. The van der Waals surface area contributed by atoms with Crippen molar-refractivity contribution in [1.29, 1.82) is 0 Å². The molecule has 1 N–H and O–H groups in total. The normalized spacial score (nSPS) is 11.2. The molecule has 3 nitrogen and oxygen atoms in total. The minimum atomic E-state index is -4.38. The number of benzene rings is 1. The predicted molar refractivity (Wildman–Crippen MR) is 78.0 cm³/mol. The smallest absolute Gasteiger partial charge is 0.422 e. The fourth-order valence-electron chi connectivity index (χ4n) is 1.43. The number of ether oxygens (including phenoxy) is 1. The van der Waals surface area contributed by atoms with Gasteiger partial charge in [-0.3, -0.25) is 4.79 Å². The fourth-order valence-corrected chi connectivity index (χ4v) is 2.71. The monoisotopic (exact) mass is 379 g/mol. The van der Waals surface area contributed by atoms with Gasteiger partial charge in [0.2, 0.25) is 0 Å². The van der Waals surface area contributed by atoms with Crippen molar-refractivity contribution in [2.24, 2.45) is 0 Å². The maximum Gasteiger partial charge on any atom is 0.422 e. The van der Waals surface area contributed by atoms with Crippen LogP contribution in [-0.4, -0.2) is 18.7 Å². The Kier molecular flexibility index (Phi) is 4.89. The summed E-state index contributed by atoms with van der Waals surface area (Å²) in [6, 6.07) is 9.12. The molecule has 1 heterocycles. The Hall–Kier alpha value is -1.54. The molecule has 0 unspecified atom stereocenters. The van der Waals surface area contributed by atoms with Gasteiger partial charge in [0.05, 0.1) is 8.66 Å². The van der Waals surface area contributed by atoms with E-state index in [4.69, 9.17) is 0 Å². The van der Waals surface area contributed by atoms with Gasteiger partial charge >= 0.3 is 6.18 Å². The first-order valence-corrected chi connectivity index (χ1v) is 7.31. The first-order valence-electron chi connectivity index (χ1n) is 5.70. The second kappa shape index (κ2) is 6.48. The van der Waals surface area contributed by atoms with Crippen LogP contribution in [0.15, 0.2) is 40.2 Å². The van der Waals surface area contributed by atoms with E-state index >= 15 is 0 Å². The zero-order valence-corrected chi connectivity index (χ0v) is 12.8. The van der Waals surface area contributed by atoms with Crippen LogP contribution in [0.2, 0.25) is 0 Å². The van der Waals surface area contributed by atoms with Crippen LogP contribution in [0.25, 0.3) is 0 Å². The maximum absolute atomic E-state index is 12.0. The average Bonchev–Trinajstić information content (AvgIpc) is 2.84. The van der Waals surface area contributed by atoms with Gasteiger partial charge in [0.1, 0.15) is 5.75 Å². The highest BCUT2D eigenvalue weighted by atomic mass is 79.9. The number of hydrogen-bond donors (Lipinski definition) is 1. The third-order valence-corrected chi connectivity index (χ3v) is 3.93. The molecule has 0 saturated heterocycles. The van der Waals surface area contributed by atoms with Crippen molar-refractivity contribution in [3.8, 4) is 5.75 Å². The molecule has 8 heteroatoms. The number of halogens is 4. The van der Waals surface area contributed by atoms with Gasteiger partial charge < -0.3 is 10.1 Å². The zero-order chi connectivity index (χ0) is 15.5. The van der Waals surface area contributed by atoms with Crippen molar-refractivity contribution in [2.45, 2.75) is 6.18 Å². The molecule has 1 aromatic heterocycles. The van der Waals surface area contributed by atoms with Crippen LogP contribution in [0, 0.1) is 0 Å². The van der Waals surface area contributed by atoms with Crippen molar-refractivity contribution in [3.05, 3.63) is 45.1 Å². The number of rotatable bonds is 4. The molecule has 0 aliphatic carbocycles. The van der Waals surface area contributed by atoms with Crippen LogP contribution in [0.4, 0.5) is 18.9 Å². The van der Waals surface area contributed by atoms with E-state index in [-0.39, 0.29) is 11.7 Å². The highest BCUT2D eigenvalue weighted by Gasteiger charge is 2.28. The van der Waals surface area contributed by atoms with Crippen LogP contribution >= 0.6 is 27.3 Å². The quantitative estimate of drug-likeness (QED) is 0.835. The molecule has 0 saturated carbocycles. The largest absolute Gasteiger partial charge is 0.484 e. The Morgan fingerprint density at radius 2 is 1.86 bits per heavy atom. The molecule has 0 fully saturated rings. The summed E-state index contributed by atoms with van der Waals surface area (Å²) in [5, 5.41) is 2.64. The molecule has 0 aliphatic rings. The van der Waals surface area contributed by atoms with E-state index in [1.807, 2.05) is 0 Å². The van der Waals surface area contributed by atoms with Gasteiger partial charge in [-0.25, -0.2) is 0 Å². The van der Waals surface area contributed by atoms with Crippen LogP contribution in [0.1, 0.15) is 9.67 Å². The fraction of sp³-hybridized carbons (Fsp3) is 0.154. The molecule has 2 aromatic rings. The summed E-state index contributed by atoms with van der Waals surface area (Å²) in [4.78, 5) is 12.4. The maximum atomic E-state index is 12.0. The number of alkyl halides is 3. The van der Waals surface area contributed by atoms with Gasteiger partial charge in [0, 0.05) is 5.69 Å². The van der Waals surface area contributed by atoms with E-state index < -0.39 is 12.8 Å². The third-order valence-electron chi connectivity index (χ3n) is 2.31. The summed E-state index contributed by atoms with van der Waals surface area (Å²) < 4.78 is 41.4. The molecule has 112 valence electrons. The van der Waals surface area contributed by atoms with E-state index in [1.54, 1.807) is 12.1 Å². The molecule has 1 amide bonds. The molecular formula is C13H9BrF3NO2S. The highest BCUT2D eigenvalue weighted by Crippen LogP contribution is 2.24. The van der Waals surface area contributed by atoms with Gasteiger partial charge in [-0.1, -0.05) is 0 Å². The van der Waals surface area contributed by atoms with Crippen LogP contribution in [0.5, 0.6) is 5.75 Å². The number of nitrogens with one attached hydrogen (secondary N) is 1. The lowest BCUT2D eigenvalue weighted by Gasteiger charge is -2.09. The molecule has 2 rings (SSSR count). The number of carbonyl (C=O) groups excluding carboxylic acids is 1. The Balaban J connectivity index is 1.94. The standard InChI is InChI=1S/C13H9BrF3NO2S/c14-11-6-5-10(21-11)12(19)18-8-1-3-9(4-2-8)20-7-13(15,16)17/h1-6H,7H2,(H,18,19). The number of thiophene rings is 1. The van der Waals surface area contributed by atoms with Crippen LogP contribution in [-0.2, 0) is 0 Å². The molecule has 0 bridgehead atoms. The molecule has 0 atom stereocenters. The summed E-state index contributed by atoms with van der Waals surface area (Å²) in [5.74, 6) is -0.196. The van der Waals surface area contributed by atoms with Gasteiger partial charge in [0.15, 0.2) is 6.61 Å². The van der Waals surface area contributed by atoms with Crippen LogP contribution in [0.3, 0.4) is 0 Å². The van der Waals surface area contributed by atoms with Gasteiger partial charge in [-0.05, 0) is 52.3 Å². The van der Waals surface area contributed by atoms with Crippen LogP contribution < -0.4 is 10.1 Å². The summed E-state index contributed by atoms with van der Waals surface area (Å²) in [7, 11) is 0. The summed E-state index contributed by atoms with van der Waals surface area (Å²) in [6.45, 7) is -1.35. The molecule has 1 aromatic carbocycles. The Morgan fingerprint density at radius 1 is 1.19 bits per heavy atom. The number of anilines is 1. The van der Waals surface area contributed by atoms with Crippen molar-refractivity contribution < 1.29 is 22.7 Å². The lowest BCUT2D eigenvalue weighted by molar-refractivity contribution is -0.153. The minimum Gasteiger partial charge on any atom is -0.484 e. The molecule has 0 radical (unpaired) electrons. The first kappa shape index (κ1) is 15.8. The summed E-state index contributed by atoms with van der Waals surface area (Å²) in [5.41, 5.74) is 0.476. The first-order chi connectivity index (χ1) is 9.83. The Morgan fingerprint density at radius 3 is 2.38 bits per heavy atom. The van der Waals surface area contributed by atoms with Crippen molar-refractivity contribution in [1.82, 2.24) is 0 Å². The molecular weight excluding hydrogens is 371 g/mol. The minimum absolute atomic E-state index is 0.0872.